The van der Waals surface area contributed by atoms with Crippen molar-refractivity contribution in [2.24, 2.45) is 0 Å². The molecule has 3 nitrogen and oxygen atoms in total. The molecule has 0 saturated carbocycles. The predicted molar refractivity (Wildman–Crippen MR) is 89.3 cm³/mol. The third-order valence-corrected chi connectivity index (χ3v) is 3.52. The van der Waals surface area contributed by atoms with Crippen LogP contribution in [0.5, 0.6) is 0 Å². The van der Waals surface area contributed by atoms with E-state index in [2.05, 4.69) is 30.7 Å². The number of nitrogens with zero attached hydrogens (tertiary/aromatic N) is 3. The standard InChI is InChI=1S/C16H19Cl2N3/c1-16(2,3)15-19-13(18)9-14(20-15)21(4)10-11-5-7-12(17)8-6-11/h5-9H,10H2,1-4H3. The van der Waals surface area contributed by atoms with Crippen molar-refractivity contribution >= 4 is 29.0 Å². The minimum atomic E-state index is -0.138. The maximum atomic E-state index is 6.13. The molecule has 0 aliphatic heterocycles. The molecule has 112 valence electrons. The van der Waals surface area contributed by atoms with Crippen LogP contribution in [0.15, 0.2) is 30.3 Å². The van der Waals surface area contributed by atoms with Crippen molar-refractivity contribution in [3.05, 3.63) is 51.9 Å². The van der Waals surface area contributed by atoms with E-state index in [1.54, 1.807) is 6.07 Å². The summed E-state index contributed by atoms with van der Waals surface area (Å²) in [6, 6.07) is 9.57. The molecule has 0 amide bonds. The zero-order chi connectivity index (χ0) is 15.6. The van der Waals surface area contributed by atoms with E-state index in [1.807, 2.05) is 36.2 Å². The molecule has 0 spiro atoms. The first-order valence-electron chi connectivity index (χ1n) is 6.76. The molecule has 0 atom stereocenters. The van der Waals surface area contributed by atoms with E-state index in [9.17, 15) is 0 Å². The van der Waals surface area contributed by atoms with E-state index in [1.165, 1.54) is 0 Å². The lowest BCUT2D eigenvalue weighted by molar-refractivity contribution is 0.544. The van der Waals surface area contributed by atoms with Gasteiger partial charge in [0.05, 0.1) is 0 Å². The minimum absolute atomic E-state index is 0.138. The number of halogens is 2. The average Bonchev–Trinajstić information content (AvgIpc) is 2.39. The average molecular weight is 324 g/mol. The van der Waals surface area contributed by atoms with E-state index in [0.29, 0.717) is 5.15 Å². The lowest BCUT2D eigenvalue weighted by Gasteiger charge is -2.22. The van der Waals surface area contributed by atoms with Crippen molar-refractivity contribution in [3.63, 3.8) is 0 Å². The molecule has 5 heteroatoms. The summed E-state index contributed by atoms with van der Waals surface area (Å²) in [6.45, 7) is 6.94. The molecule has 0 fully saturated rings. The highest BCUT2D eigenvalue weighted by Crippen LogP contribution is 2.24. The molecule has 0 aliphatic rings. The summed E-state index contributed by atoms with van der Waals surface area (Å²) >= 11 is 12.0. The zero-order valence-corrected chi connectivity index (χ0v) is 14.2. The largest absolute Gasteiger partial charge is 0.355 e. The summed E-state index contributed by atoms with van der Waals surface area (Å²) in [5.41, 5.74) is 1.02. The molecule has 0 radical (unpaired) electrons. The van der Waals surface area contributed by atoms with Gasteiger partial charge in [-0.25, -0.2) is 9.97 Å². The first-order valence-corrected chi connectivity index (χ1v) is 7.52. The second kappa shape index (κ2) is 6.20. The Balaban J connectivity index is 2.24. The lowest BCUT2D eigenvalue weighted by Crippen LogP contribution is -2.22. The van der Waals surface area contributed by atoms with Gasteiger partial charge >= 0.3 is 0 Å². The topological polar surface area (TPSA) is 29.0 Å². The Labute approximate surface area is 135 Å². The lowest BCUT2D eigenvalue weighted by atomic mass is 9.96. The molecule has 0 unspecified atom stereocenters. The number of benzene rings is 1. The van der Waals surface area contributed by atoms with Crippen LogP contribution in [0, 0.1) is 0 Å². The summed E-state index contributed by atoms with van der Waals surface area (Å²) in [7, 11) is 1.99. The third kappa shape index (κ3) is 4.32. The molecular formula is C16H19Cl2N3. The third-order valence-electron chi connectivity index (χ3n) is 3.08. The molecule has 1 heterocycles. The first kappa shape index (κ1) is 16.1. The number of aromatic nitrogens is 2. The number of anilines is 1. The maximum Gasteiger partial charge on any atom is 0.137 e. The summed E-state index contributed by atoms with van der Waals surface area (Å²) < 4.78 is 0. The summed E-state index contributed by atoms with van der Waals surface area (Å²) in [5, 5.41) is 1.20. The van der Waals surface area contributed by atoms with Gasteiger partial charge in [-0.1, -0.05) is 56.1 Å². The number of rotatable bonds is 3. The van der Waals surface area contributed by atoms with Gasteiger partial charge in [0.2, 0.25) is 0 Å². The molecular weight excluding hydrogens is 305 g/mol. The normalized spacial score (nSPS) is 11.5. The van der Waals surface area contributed by atoms with Gasteiger partial charge in [0.1, 0.15) is 16.8 Å². The van der Waals surface area contributed by atoms with Crippen LogP contribution < -0.4 is 4.90 Å². The van der Waals surface area contributed by atoms with Gasteiger partial charge in [-0.2, -0.15) is 0 Å². The molecule has 21 heavy (non-hydrogen) atoms. The monoisotopic (exact) mass is 323 g/mol. The Hall–Kier alpha value is -1.32. The molecule has 2 rings (SSSR count). The SMILES string of the molecule is CN(Cc1ccc(Cl)cc1)c1cc(Cl)nc(C(C)(C)C)n1. The Bertz CT molecular complexity index is 618. The molecule has 1 aromatic heterocycles. The molecule has 0 N–H and O–H groups in total. The van der Waals surface area contributed by atoms with Crippen molar-refractivity contribution in [2.45, 2.75) is 32.7 Å². The van der Waals surface area contributed by atoms with E-state index in [-0.39, 0.29) is 5.41 Å². The molecule has 0 saturated heterocycles. The fourth-order valence-electron chi connectivity index (χ4n) is 1.88. The smallest absolute Gasteiger partial charge is 0.137 e. The van der Waals surface area contributed by atoms with Gasteiger partial charge in [-0.05, 0) is 17.7 Å². The van der Waals surface area contributed by atoms with Gasteiger partial charge in [-0.15, -0.1) is 0 Å². The minimum Gasteiger partial charge on any atom is -0.355 e. The van der Waals surface area contributed by atoms with Gasteiger partial charge in [0.15, 0.2) is 0 Å². The second-order valence-corrected chi connectivity index (χ2v) is 6.93. The molecule has 0 bridgehead atoms. The van der Waals surface area contributed by atoms with Gasteiger partial charge in [0, 0.05) is 30.1 Å². The summed E-state index contributed by atoms with van der Waals surface area (Å²) in [4.78, 5) is 11.0. The van der Waals surface area contributed by atoms with Crippen molar-refractivity contribution in [3.8, 4) is 0 Å². The van der Waals surface area contributed by atoms with Crippen LogP contribution in [0.3, 0.4) is 0 Å². The van der Waals surface area contributed by atoms with Crippen molar-refractivity contribution < 1.29 is 0 Å². The molecule has 2 aromatic rings. The zero-order valence-electron chi connectivity index (χ0n) is 12.7. The van der Waals surface area contributed by atoms with Gasteiger partial charge in [-0.3, -0.25) is 0 Å². The van der Waals surface area contributed by atoms with Gasteiger partial charge in [0.25, 0.3) is 0 Å². The number of hydrogen-bond donors (Lipinski definition) is 0. The van der Waals surface area contributed by atoms with E-state index < -0.39 is 0 Å². The van der Waals surface area contributed by atoms with Crippen LogP contribution in [0.2, 0.25) is 10.2 Å². The first-order chi connectivity index (χ1) is 9.75. The summed E-state index contributed by atoms with van der Waals surface area (Å²) in [6.07, 6.45) is 0. The van der Waals surface area contributed by atoms with Crippen molar-refractivity contribution in [1.82, 2.24) is 9.97 Å². The van der Waals surface area contributed by atoms with Crippen LogP contribution >= 0.6 is 23.2 Å². The molecule has 1 aromatic carbocycles. The van der Waals surface area contributed by atoms with E-state index in [4.69, 9.17) is 23.2 Å². The van der Waals surface area contributed by atoms with Crippen LogP contribution in [-0.2, 0) is 12.0 Å². The quantitative estimate of drug-likeness (QED) is 0.765. The van der Waals surface area contributed by atoms with Crippen molar-refractivity contribution in [1.29, 1.82) is 0 Å². The Morgan fingerprint density at radius 3 is 2.24 bits per heavy atom. The second-order valence-electron chi connectivity index (χ2n) is 6.11. The molecule has 0 aliphatic carbocycles. The van der Waals surface area contributed by atoms with E-state index in [0.717, 1.165) is 28.8 Å². The predicted octanol–water partition coefficient (Wildman–Crippen LogP) is 4.72. The van der Waals surface area contributed by atoms with Crippen molar-refractivity contribution in [2.75, 3.05) is 11.9 Å². The number of hydrogen-bond acceptors (Lipinski definition) is 3. The van der Waals surface area contributed by atoms with Crippen LogP contribution in [0.1, 0.15) is 32.2 Å². The van der Waals surface area contributed by atoms with E-state index >= 15 is 0 Å². The highest BCUT2D eigenvalue weighted by molar-refractivity contribution is 6.30. The Morgan fingerprint density at radius 2 is 1.67 bits per heavy atom. The maximum absolute atomic E-state index is 6.13. The van der Waals surface area contributed by atoms with Crippen LogP contribution in [0.4, 0.5) is 5.82 Å². The summed E-state index contributed by atoms with van der Waals surface area (Å²) in [5.74, 6) is 1.56. The highest BCUT2D eigenvalue weighted by atomic mass is 35.5. The van der Waals surface area contributed by atoms with Crippen LogP contribution in [-0.4, -0.2) is 17.0 Å². The highest BCUT2D eigenvalue weighted by Gasteiger charge is 2.19. The fraction of sp³-hybridized carbons (Fsp3) is 0.375. The van der Waals surface area contributed by atoms with Crippen LogP contribution in [0.25, 0.3) is 0 Å². The van der Waals surface area contributed by atoms with Gasteiger partial charge < -0.3 is 4.90 Å². The Kier molecular flexibility index (Phi) is 4.74. The Morgan fingerprint density at radius 1 is 1.05 bits per heavy atom. The fourth-order valence-corrected chi connectivity index (χ4v) is 2.19.